The van der Waals surface area contributed by atoms with Gasteiger partial charge in [-0.2, -0.15) is 0 Å². The number of methoxy groups -OCH3 is 3. The van der Waals surface area contributed by atoms with Crippen molar-refractivity contribution in [2.45, 2.75) is 13.3 Å². The molecule has 150 valence electrons. The summed E-state index contributed by atoms with van der Waals surface area (Å²) in [6.45, 7) is 2.30. The maximum absolute atomic E-state index is 13.0. The average molecular weight is 386 g/mol. The van der Waals surface area contributed by atoms with Gasteiger partial charge in [-0.3, -0.25) is 9.59 Å². The largest absolute Gasteiger partial charge is 0.497 e. The summed E-state index contributed by atoms with van der Waals surface area (Å²) in [5.74, 6) is 0.955. The third kappa shape index (κ3) is 5.16. The molecule has 2 aromatic rings. The van der Waals surface area contributed by atoms with E-state index in [9.17, 15) is 9.59 Å². The Bertz CT molecular complexity index is 822. The number of hydrogen-bond acceptors (Lipinski definition) is 5. The molecule has 2 amide bonds. The van der Waals surface area contributed by atoms with E-state index in [2.05, 4.69) is 5.32 Å². The minimum Gasteiger partial charge on any atom is -0.497 e. The number of carbonyl (C=O) groups excluding carboxylic acids is 2. The lowest BCUT2D eigenvalue weighted by molar-refractivity contribution is -0.116. The summed E-state index contributed by atoms with van der Waals surface area (Å²) in [5, 5.41) is 2.79. The van der Waals surface area contributed by atoms with Crippen molar-refractivity contribution in [3.63, 3.8) is 0 Å². The molecule has 0 aliphatic rings. The molecule has 0 heterocycles. The molecule has 2 rings (SSSR count). The van der Waals surface area contributed by atoms with E-state index in [-0.39, 0.29) is 18.4 Å². The van der Waals surface area contributed by atoms with Crippen molar-refractivity contribution in [3.05, 3.63) is 48.0 Å². The van der Waals surface area contributed by atoms with E-state index in [1.807, 2.05) is 13.0 Å². The van der Waals surface area contributed by atoms with Gasteiger partial charge in [-0.15, -0.1) is 0 Å². The van der Waals surface area contributed by atoms with Crippen LogP contribution in [0.25, 0.3) is 0 Å². The Kier molecular flexibility index (Phi) is 7.68. The van der Waals surface area contributed by atoms with Gasteiger partial charge in [0.05, 0.1) is 32.6 Å². The topological polar surface area (TPSA) is 77.1 Å². The Morgan fingerprint density at radius 3 is 2.32 bits per heavy atom. The van der Waals surface area contributed by atoms with Crippen LogP contribution in [0.2, 0.25) is 0 Å². The molecule has 0 fully saturated rings. The minimum atomic E-state index is -0.307. The number of para-hydroxylation sites is 2. The number of amides is 2. The van der Waals surface area contributed by atoms with Crippen LogP contribution in [-0.2, 0) is 4.79 Å². The maximum atomic E-state index is 13.0. The predicted molar refractivity (Wildman–Crippen MR) is 107 cm³/mol. The smallest absolute Gasteiger partial charge is 0.258 e. The van der Waals surface area contributed by atoms with Crippen molar-refractivity contribution in [1.29, 1.82) is 0 Å². The number of carbonyl (C=O) groups is 2. The van der Waals surface area contributed by atoms with Crippen molar-refractivity contribution in [2.24, 2.45) is 0 Å². The molecule has 0 bridgehead atoms. The number of anilines is 1. The van der Waals surface area contributed by atoms with E-state index in [0.29, 0.717) is 41.5 Å². The quantitative estimate of drug-likeness (QED) is 0.716. The first-order chi connectivity index (χ1) is 13.5. The summed E-state index contributed by atoms with van der Waals surface area (Å²) in [5.41, 5.74) is 0.933. The van der Waals surface area contributed by atoms with Crippen LogP contribution in [0.5, 0.6) is 17.2 Å². The van der Waals surface area contributed by atoms with Gasteiger partial charge in [0.15, 0.2) is 0 Å². The van der Waals surface area contributed by atoms with Gasteiger partial charge >= 0.3 is 0 Å². The zero-order valence-electron chi connectivity index (χ0n) is 16.7. The van der Waals surface area contributed by atoms with E-state index in [4.69, 9.17) is 14.2 Å². The Balaban J connectivity index is 2.18. The van der Waals surface area contributed by atoms with Crippen LogP contribution < -0.4 is 19.5 Å². The van der Waals surface area contributed by atoms with E-state index in [0.717, 1.165) is 0 Å². The lowest BCUT2D eigenvalue weighted by Gasteiger charge is -2.23. The fraction of sp³-hybridized carbons (Fsp3) is 0.333. The first-order valence-corrected chi connectivity index (χ1v) is 8.98. The third-order valence-electron chi connectivity index (χ3n) is 4.14. The Morgan fingerprint density at radius 2 is 1.68 bits per heavy atom. The van der Waals surface area contributed by atoms with Crippen molar-refractivity contribution in [2.75, 3.05) is 39.7 Å². The molecule has 0 saturated heterocycles. The average Bonchev–Trinajstić information content (AvgIpc) is 2.72. The molecular formula is C21H26N2O5. The molecule has 7 nitrogen and oxygen atoms in total. The van der Waals surface area contributed by atoms with Crippen LogP contribution in [0, 0.1) is 0 Å². The summed E-state index contributed by atoms with van der Waals surface area (Å²) in [7, 11) is 4.57. The van der Waals surface area contributed by atoms with Gasteiger partial charge in [0.2, 0.25) is 5.91 Å². The lowest BCUT2D eigenvalue weighted by atomic mass is 10.1. The molecule has 7 heteroatoms. The molecule has 0 unspecified atom stereocenters. The van der Waals surface area contributed by atoms with Crippen molar-refractivity contribution >= 4 is 17.5 Å². The van der Waals surface area contributed by atoms with Crippen LogP contribution in [-0.4, -0.2) is 51.1 Å². The lowest BCUT2D eigenvalue weighted by Crippen LogP contribution is -2.38. The highest BCUT2D eigenvalue weighted by Crippen LogP contribution is 2.26. The molecule has 1 N–H and O–H groups in total. The van der Waals surface area contributed by atoms with Crippen LogP contribution in [0.1, 0.15) is 23.7 Å². The molecule has 28 heavy (non-hydrogen) atoms. The van der Waals surface area contributed by atoms with Gasteiger partial charge in [0.1, 0.15) is 23.8 Å². The molecule has 0 aliphatic carbocycles. The van der Waals surface area contributed by atoms with Gasteiger partial charge in [0, 0.05) is 12.6 Å². The van der Waals surface area contributed by atoms with E-state index < -0.39 is 0 Å². The fourth-order valence-corrected chi connectivity index (χ4v) is 2.78. The second-order valence-corrected chi connectivity index (χ2v) is 6.04. The molecular weight excluding hydrogens is 360 g/mol. The van der Waals surface area contributed by atoms with Gasteiger partial charge in [-0.25, -0.2) is 0 Å². The van der Waals surface area contributed by atoms with E-state index in [1.54, 1.807) is 43.5 Å². The highest BCUT2D eigenvalue weighted by atomic mass is 16.5. The predicted octanol–water partition coefficient (Wildman–Crippen LogP) is 3.20. The second-order valence-electron chi connectivity index (χ2n) is 6.04. The van der Waals surface area contributed by atoms with E-state index in [1.165, 1.54) is 19.1 Å². The highest BCUT2D eigenvalue weighted by molar-refractivity contribution is 6.01. The second kappa shape index (κ2) is 10.2. The molecule has 0 aliphatic heterocycles. The maximum Gasteiger partial charge on any atom is 0.258 e. The standard InChI is InChI=1S/C21H26N2O5/c1-5-12-23(14-20(24)22-17-8-6-7-9-18(17)27-3)21(25)16-11-10-15(26-2)13-19(16)28-4/h6-11,13H,5,12,14H2,1-4H3,(H,22,24). The number of rotatable bonds is 9. The van der Waals surface area contributed by atoms with Crippen molar-refractivity contribution in [1.82, 2.24) is 4.90 Å². The summed E-state index contributed by atoms with van der Waals surface area (Å²) in [6.07, 6.45) is 0.714. The minimum absolute atomic E-state index is 0.0834. The Morgan fingerprint density at radius 1 is 0.964 bits per heavy atom. The van der Waals surface area contributed by atoms with Crippen LogP contribution in [0.4, 0.5) is 5.69 Å². The van der Waals surface area contributed by atoms with Gasteiger partial charge < -0.3 is 24.4 Å². The van der Waals surface area contributed by atoms with Crippen molar-refractivity contribution < 1.29 is 23.8 Å². The van der Waals surface area contributed by atoms with Crippen LogP contribution >= 0.6 is 0 Å². The first-order valence-electron chi connectivity index (χ1n) is 8.98. The number of ether oxygens (including phenoxy) is 3. The molecule has 0 radical (unpaired) electrons. The van der Waals surface area contributed by atoms with Gasteiger partial charge in [0.25, 0.3) is 5.91 Å². The van der Waals surface area contributed by atoms with E-state index >= 15 is 0 Å². The Labute approximate surface area is 165 Å². The summed E-state index contributed by atoms with van der Waals surface area (Å²) in [6, 6.07) is 12.1. The molecule has 0 spiro atoms. The number of nitrogens with zero attached hydrogens (tertiary/aromatic N) is 1. The molecule has 0 aromatic heterocycles. The highest BCUT2D eigenvalue weighted by Gasteiger charge is 2.22. The van der Waals surface area contributed by atoms with Crippen LogP contribution in [0.3, 0.4) is 0 Å². The third-order valence-corrected chi connectivity index (χ3v) is 4.14. The Hall–Kier alpha value is -3.22. The van der Waals surface area contributed by atoms with Crippen molar-refractivity contribution in [3.8, 4) is 17.2 Å². The fourth-order valence-electron chi connectivity index (χ4n) is 2.78. The number of benzene rings is 2. The first kappa shape index (κ1) is 21.1. The zero-order chi connectivity index (χ0) is 20.5. The normalized spacial score (nSPS) is 10.1. The zero-order valence-corrected chi connectivity index (χ0v) is 16.7. The summed E-state index contributed by atoms with van der Waals surface area (Å²) < 4.78 is 15.7. The van der Waals surface area contributed by atoms with Gasteiger partial charge in [-0.1, -0.05) is 19.1 Å². The summed E-state index contributed by atoms with van der Waals surface area (Å²) in [4.78, 5) is 27.1. The van der Waals surface area contributed by atoms with Crippen LogP contribution in [0.15, 0.2) is 42.5 Å². The summed E-state index contributed by atoms with van der Waals surface area (Å²) >= 11 is 0. The molecule has 2 aromatic carbocycles. The SMILES string of the molecule is CCCN(CC(=O)Nc1ccccc1OC)C(=O)c1ccc(OC)cc1OC. The molecule has 0 saturated carbocycles. The number of nitrogens with one attached hydrogen (secondary N) is 1. The monoisotopic (exact) mass is 386 g/mol. The molecule has 0 atom stereocenters. The van der Waals surface area contributed by atoms with Gasteiger partial charge in [-0.05, 0) is 30.7 Å². The number of hydrogen-bond donors (Lipinski definition) is 1.